The lowest BCUT2D eigenvalue weighted by Gasteiger charge is -2.13. The summed E-state index contributed by atoms with van der Waals surface area (Å²) in [5.74, 6) is 0.218. The average molecular weight is 340 g/mol. The van der Waals surface area contributed by atoms with Gasteiger partial charge in [-0.3, -0.25) is 4.79 Å². The van der Waals surface area contributed by atoms with Crippen LogP contribution in [0, 0.1) is 5.41 Å². The molecule has 0 aliphatic heterocycles. The molecule has 1 saturated carbocycles. The largest absolute Gasteiger partial charge is 0.469 e. The maximum Gasteiger partial charge on any atom is 0.416 e. The zero-order valence-corrected chi connectivity index (χ0v) is 12.7. The van der Waals surface area contributed by atoms with E-state index in [4.69, 9.17) is 11.6 Å². The summed E-state index contributed by atoms with van der Waals surface area (Å²) in [6.45, 7) is 0. The minimum atomic E-state index is -4.45. The summed E-state index contributed by atoms with van der Waals surface area (Å²) < 4.78 is 42.7. The number of aromatic nitrogens is 1. The van der Waals surface area contributed by atoms with Gasteiger partial charge in [-0.1, -0.05) is 11.6 Å². The summed E-state index contributed by atoms with van der Waals surface area (Å²) in [5, 5.41) is 0.0242. The SMILES string of the molecule is COC(=O)CC1(CSc2cc(C(F)(F)F)cc(Cl)n2)CC1. The highest BCUT2D eigenvalue weighted by Gasteiger charge is 2.44. The van der Waals surface area contributed by atoms with E-state index in [1.807, 2.05) is 0 Å². The first-order valence-corrected chi connectivity index (χ1v) is 7.55. The standard InChI is InChI=1S/C13H13ClF3NO2S/c1-20-11(19)6-12(2-3-12)7-21-10-5-8(13(15,16)17)4-9(14)18-10/h4-5H,2-3,6-7H2,1H3. The third-order valence-corrected chi connectivity index (χ3v) is 4.78. The molecule has 0 saturated heterocycles. The highest BCUT2D eigenvalue weighted by molar-refractivity contribution is 7.99. The van der Waals surface area contributed by atoms with Crippen LogP contribution in [0.2, 0.25) is 5.15 Å². The van der Waals surface area contributed by atoms with Crippen molar-refractivity contribution in [1.29, 1.82) is 0 Å². The van der Waals surface area contributed by atoms with Crippen molar-refractivity contribution in [2.75, 3.05) is 12.9 Å². The number of pyridine rings is 1. The molecule has 1 aromatic rings. The molecule has 1 heterocycles. The number of ether oxygens (including phenoxy) is 1. The predicted octanol–water partition coefficient (Wildman–Crippen LogP) is 4.19. The molecule has 0 unspecified atom stereocenters. The van der Waals surface area contributed by atoms with Crippen molar-refractivity contribution in [3.63, 3.8) is 0 Å². The van der Waals surface area contributed by atoms with Crippen molar-refractivity contribution in [2.45, 2.75) is 30.5 Å². The van der Waals surface area contributed by atoms with Crippen molar-refractivity contribution in [3.05, 3.63) is 22.8 Å². The predicted molar refractivity (Wildman–Crippen MR) is 73.3 cm³/mol. The molecule has 1 aliphatic carbocycles. The Morgan fingerprint density at radius 2 is 2.14 bits per heavy atom. The Labute approximate surface area is 129 Å². The highest BCUT2D eigenvalue weighted by atomic mass is 35.5. The fraction of sp³-hybridized carbons (Fsp3) is 0.538. The number of methoxy groups -OCH3 is 1. The van der Waals surface area contributed by atoms with Gasteiger partial charge in [-0.05, 0) is 30.4 Å². The number of rotatable bonds is 5. The van der Waals surface area contributed by atoms with E-state index < -0.39 is 11.7 Å². The van der Waals surface area contributed by atoms with Gasteiger partial charge in [-0.2, -0.15) is 13.2 Å². The number of alkyl halides is 3. The third kappa shape index (κ3) is 4.51. The van der Waals surface area contributed by atoms with Crippen LogP contribution in [0.5, 0.6) is 0 Å². The molecule has 2 rings (SSSR count). The lowest BCUT2D eigenvalue weighted by Crippen LogP contribution is -2.13. The van der Waals surface area contributed by atoms with E-state index in [1.54, 1.807) is 0 Å². The summed E-state index contributed by atoms with van der Waals surface area (Å²) in [6, 6.07) is 1.78. The van der Waals surface area contributed by atoms with Crippen molar-refractivity contribution in [2.24, 2.45) is 5.41 Å². The third-order valence-electron chi connectivity index (χ3n) is 3.33. The van der Waals surface area contributed by atoms with Gasteiger partial charge < -0.3 is 4.74 Å². The normalized spacial score (nSPS) is 16.6. The quantitative estimate of drug-likeness (QED) is 0.458. The highest BCUT2D eigenvalue weighted by Crippen LogP contribution is 2.52. The van der Waals surface area contributed by atoms with Crippen molar-refractivity contribution >= 4 is 29.3 Å². The molecular formula is C13H13ClF3NO2S. The molecule has 116 valence electrons. The number of halogens is 4. The number of hydrogen-bond acceptors (Lipinski definition) is 4. The Balaban J connectivity index is 2.04. The van der Waals surface area contributed by atoms with Crippen LogP contribution in [0.1, 0.15) is 24.8 Å². The van der Waals surface area contributed by atoms with Gasteiger partial charge in [0.15, 0.2) is 0 Å². The van der Waals surface area contributed by atoms with E-state index in [-0.39, 0.29) is 28.0 Å². The zero-order valence-electron chi connectivity index (χ0n) is 11.2. The van der Waals surface area contributed by atoms with E-state index >= 15 is 0 Å². The molecule has 0 atom stereocenters. The molecule has 0 radical (unpaired) electrons. The monoisotopic (exact) mass is 339 g/mol. The summed E-state index contributed by atoms with van der Waals surface area (Å²) in [4.78, 5) is 15.2. The summed E-state index contributed by atoms with van der Waals surface area (Å²) in [5.41, 5.74) is -0.997. The van der Waals surface area contributed by atoms with Crippen LogP contribution < -0.4 is 0 Å². The summed E-state index contributed by atoms with van der Waals surface area (Å²) in [6.07, 6.45) is -2.45. The number of nitrogens with zero attached hydrogens (tertiary/aromatic N) is 1. The molecule has 1 aliphatic rings. The van der Waals surface area contributed by atoms with Crippen molar-refractivity contribution in [3.8, 4) is 0 Å². The van der Waals surface area contributed by atoms with Gasteiger partial charge in [-0.25, -0.2) is 4.98 Å². The fourth-order valence-corrected chi connectivity index (χ4v) is 3.34. The molecule has 0 N–H and O–H groups in total. The second kappa shape index (κ2) is 6.04. The summed E-state index contributed by atoms with van der Waals surface area (Å²) >= 11 is 6.81. The molecule has 0 spiro atoms. The van der Waals surface area contributed by atoms with Crippen LogP contribution >= 0.6 is 23.4 Å². The van der Waals surface area contributed by atoms with E-state index in [0.717, 1.165) is 25.0 Å². The number of carbonyl (C=O) groups excluding carboxylic acids is 1. The smallest absolute Gasteiger partial charge is 0.416 e. The molecule has 1 aromatic heterocycles. The van der Waals surface area contributed by atoms with Crippen molar-refractivity contribution < 1.29 is 22.7 Å². The average Bonchev–Trinajstić information content (AvgIpc) is 3.15. The minimum Gasteiger partial charge on any atom is -0.469 e. The first kappa shape index (κ1) is 16.4. The zero-order chi connectivity index (χ0) is 15.7. The fourth-order valence-electron chi connectivity index (χ4n) is 1.86. The second-order valence-corrected chi connectivity index (χ2v) is 6.44. The maximum atomic E-state index is 12.7. The van der Waals surface area contributed by atoms with Gasteiger partial charge in [0.25, 0.3) is 0 Å². The lowest BCUT2D eigenvalue weighted by molar-refractivity contribution is -0.142. The van der Waals surface area contributed by atoms with Gasteiger partial charge in [0.05, 0.1) is 24.1 Å². The number of esters is 1. The molecule has 0 bridgehead atoms. The molecule has 3 nitrogen and oxygen atoms in total. The maximum absolute atomic E-state index is 12.7. The first-order chi connectivity index (χ1) is 9.74. The second-order valence-electron chi connectivity index (χ2n) is 5.06. The van der Waals surface area contributed by atoms with E-state index in [9.17, 15) is 18.0 Å². The van der Waals surface area contributed by atoms with Crippen LogP contribution in [-0.4, -0.2) is 23.8 Å². The molecule has 1 fully saturated rings. The van der Waals surface area contributed by atoms with Crippen LogP contribution in [0.4, 0.5) is 13.2 Å². The van der Waals surface area contributed by atoms with E-state index in [1.165, 1.54) is 18.9 Å². The van der Waals surface area contributed by atoms with Gasteiger partial charge in [0, 0.05) is 5.75 Å². The Bertz CT molecular complexity index is 547. The Morgan fingerprint density at radius 3 is 2.67 bits per heavy atom. The molecule has 0 amide bonds. The van der Waals surface area contributed by atoms with Crippen LogP contribution in [0.25, 0.3) is 0 Å². The molecule has 21 heavy (non-hydrogen) atoms. The topological polar surface area (TPSA) is 39.2 Å². The Kier molecular flexibility index (Phi) is 4.72. The Morgan fingerprint density at radius 1 is 1.48 bits per heavy atom. The number of hydrogen-bond donors (Lipinski definition) is 0. The van der Waals surface area contributed by atoms with Gasteiger partial charge in [0.2, 0.25) is 0 Å². The van der Waals surface area contributed by atoms with Gasteiger partial charge in [0.1, 0.15) is 5.15 Å². The number of thioether (sulfide) groups is 1. The van der Waals surface area contributed by atoms with Crippen LogP contribution in [-0.2, 0) is 15.7 Å². The van der Waals surface area contributed by atoms with Crippen LogP contribution in [0.3, 0.4) is 0 Å². The van der Waals surface area contributed by atoms with E-state index in [0.29, 0.717) is 5.75 Å². The summed E-state index contributed by atoms with van der Waals surface area (Å²) in [7, 11) is 1.32. The Hall–Kier alpha value is -0.950. The minimum absolute atomic E-state index is 0.180. The van der Waals surface area contributed by atoms with Gasteiger partial charge in [-0.15, -0.1) is 11.8 Å². The first-order valence-electron chi connectivity index (χ1n) is 6.18. The van der Waals surface area contributed by atoms with Crippen molar-refractivity contribution in [1.82, 2.24) is 4.98 Å². The van der Waals surface area contributed by atoms with Gasteiger partial charge >= 0.3 is 12.1 Å². The molecular weight excluding hydrogens is 327 g/mol. The molecule has 8 heteroatoms. The van der Waals surface area contributed by atoms with Crippen LogP contribution in [0.15, 0.2) is 17.2 Å². The number of carbonyl (C=O) groups is 1. The molecule has 0 aromatic carbocycles. The lowest BCUT2D eigenvalue weighted by atomic mass is 10.1. The van der Waals surface area contributed by atoms with E-state index in [2.05, 4.69) is 9.72 Å².